The summed E-state index contributed by atoms with van der Waals surface area (Å²) in [4.78, 5) is 10.2. The Morgan fingerprint density at radius 3 is 2.67 bits per heavy atom. The Hall–Kier alpha value is -1.82. The standard InChI is InChI=1S/C12H18N2O4/c1-8(6-9(2)15)13-10-4-5-11(14(16)17)12(7-10)18-3/h4-5,7-9,13,15H,6H2,1-3H3. The van der Waals surface area contributed by atoms with E-state index in [1.165, 1.54) is 13.2 Å². The predicted molar refractivity (Wildman–Crippen MR) is 69.0 cm³/mol. The first kappa shape index (κ1) is 14.2. The number of benzene rings is 1. The predicted octanol–water partition coefficient (Wildman–Crippen LogP) is 2.17. The van der Waals surface area contributed by atoms with Gasteiger partial charge in [0.25, 0.3) is 0 Å². The van der Waals surface area contributed by atoms with E-state index < -0.39 is 11.0 Å². The zero-order valence-electron chi connectivity index (χ0n) is 10.7. The fourth-order valence-electron chi connectivity index (χ4n) is 1.77. The van der Waals surface area contributed by atoms with Crippen molar-refractivity contribution in [2.45, 2.75) is 32.4 Å². The van der Waals surface area contributed by atoms with Crippen molar-refractivity contribution in [2.24, 2.45) is 0 Å². The number of anilines is 1. The zero-order chi connectivity index (χ0) is 13.7. The fraction of sp³-hybridized carbons (Fsp3) is 0.500. The Morgan fingerprint density at radius 2 is 2.17 bits per heavy atom. The number of nitro groups is 1. The maximum atomic E-state index is 10.7. The van der Waals surface area contributed by atoms with Gasteiger partial charge in [0.15, 0.2) is 5.75 Å². The van der Waals surface area contributed by atoms with Gasteiger partial charge in [-0.25, -0.2) is 0 Å². The quantitative estimate of drug-likeness (QED) is 0.600. The smallest absolute Gasteiger partial charge is 0.311 e. The van der Waals surface area contributed by atoms with Gasteiger partial charge in [0.1, 0.15) is 0 Å². The molecule has 0 heterocycles. The van der Waals surface area contributed by atoms with Crippen LogP contribution in [0.2, 0.25) is 0 Å². The molecule has 1 aromatic carbocycles. The number of methoxy groups -OCH3 is 1. The molecule has 18 heavy (non-hydrogen) atoms. The van der Waals surface area contributed by atoms with Crippen LogP contribution < -0.4 is 10.1 Å². The maximum absolute atomic E-state index is 10.7. The van der Waals surface area contributed by atoms with Crippen LogP contribution in [0.4, 0.5) is 11.4 Å². The molecule has 2 N–H and O–H groups in total. The molecular formula is C12H18N2O4. The van der Waals surface area contributed by atoms with Gasteiger partial charge in [-0.15, -0.1) is 0 Å². The summed E-state index contributed by atoms with van der Waals surface area (Å²) in [6.07, 6.45) is 0.201. The minimum Gasteiger partial charge on any atom is -0.490 e. The van der Waals surface area contributed by atoms with Gasteiger partial charge < -0.3 is 15.2 Å². The number of aliphatic hydroxyl groups is 1. The summed E-state index contributed by atoms with van der Waals surface area (Å²) in [6, 6.07) is 4.67. The van der Waals surface area contributed by atoms with E-state index in [9.17, 15) is 15.2 Å². The Bertz CT molecular complexity index is 421. The number of aliphatic hydroxyl groups excluding tert-OH is 1. The van der Waals surface area contributed by atoms with Crippen molar-refractivity contribution >= 4 is 11.4 Å². The Labute approximate surface area is 106 Å². The van der Waals surface area contributed by atoms with Crippen LogP contribution in [0, 0.1) is 10.1 Å². The van der Waals surface area contributed by atoms with Crippen molar-refractivity contribution in [1.29, 1.82) is 0 Å². The van der Waals surface area contributed by atoms with E-state index in [0.29, 0.717) is 6.42 Å². The monoisotopic (exact) mass is 254 g/mol. The molecule has 6 nitrogen and oxygen atoms in total. The average Bonchev–Trinajstić information content (AvgIpc) is 2.27. The van der Waals surface area contributed by atoms with Gasteiger partial charge in [0, 0.05) is 23.9 Å². The highest BCUT2D eigenvalue weighted by atomic mass is 16.6. The Balaban J connectivity index is 2.82. The number of hydrogen-bond acceptors (Lipinski definition) is 5. The minimum absolute atomic E-state index is 0.0637. The van der Waals surface area contributed by atoms with Gasteiger partial charge in [0.05, 0.1) is 18.1 Å². The van der Waals surface area contributed by atoms with E-state index in [1.54, 1.807) is 19.1 Å². The average molecular weight is 254 g/mol. The molecule has 0 fully saturated rings. The maximum Gasteiger partial charge on any atom is 0.311 e. The van der Waals surface area contributed by atoms with Crippen molar-refractivity contribution < 1.29 is 14.8 Å². The molecule has 0 radical (unpaired) electrons. The molecule has 0 aliphatic heterocycles. The van der Waals surface area contributed by atoms with Crippen LogP contribution in [0.3, 0.4) is 0 Å². The Morgan fingerprint density at radius 1 is 1.50 bits per heavy atom. The largest absolute Gasteiger partial charge is 0.490 e. The first-order valence-corrected chi connectivity index (χ1v) is 5.71. The van der Waals surface area contributed by atoms with Gasteiger partial charge >= 0.3 is 5.69 Å². The molecule has 0 aliphatic carbocycles. The van der Waals surface area contributed by atoms with Crippen LogP contribution in [-0.2, 0) is 0 Å². The number of rotatable bonds is 6. The third-order valence-electron chi connectivity index (χ3n) is 2.48. The van der Waals surface area contributed by atoms with Gasteiger partial charge in [-0.3, -0.25) is 10.1 Å². The van der Waals surface area contributed by atoms with Crippen LogP contribution in [0.25, 0.3) is 0 Å². The molecule has 2 unspecified atom stereocenters. The normalized spacial score (nSPS) is 13.8. The van der Waals surface area contributed by atoms with Gasteiger partial charge in [0.2, 0.25) is 0 Å². The second-order valence-corrected chi connectivity index (χ2v) is 4.27. The van der Waals surface area contributed by atoms with Crippen LogP contribution in [0.15, 0.2) is 18.2 Å². The molecule has 1 aromatic rings. The highest BCUT2D eigenvalue weighted by Gasteiger charge is 2.15. The molecule has 0 aromatic heterocycles. The summed E-state index contributed by atoms with van der Waals surface area (Å²) in [6.45, 7) is 3.65. The number of nitrogens with one attached hydrogen (secondary N) is 1. The third kappa shape index (κ3) is 3.89. The summed E-state index contributed by atoms with van der Waals surface area (Å²) in [7, 11) is 1.39. The molecule has 0 aliphatic rings. The zero-order valence-corrected chi connectivity index (χ0v) is 10.7. The summed E-state index contributed by atoms with van der Waals surface area (Å²) >= 11 is 0. The van der Waals surface area contributed by atoms with E-state index in [2.05, 4.69) is 5.32 Å². The summed E-state index contributed by atoms with van der Waals surface area (Å²) < 4.78 is 4.98. The molecule has 0 spiro atoms. The summed E-state index contributed by atoms with van der Waals surface area (Å²) in [5.41, 5.74) is 0.664. The third-order valence-corrected chi connectivity index (χ3v) is 2.48. The van der Waals surface area contributed by atoms with E-state index in [-0.39, 0.29) is 17.5 Å². The molecule has 0 amide bonds. The summed E-state index contributed by atoms with van der Waals surface area (Å²) in [5, 5.41) is 23.1. The van der Waals surface area contributed by atoms with Gasteiger partial charge in [-0.1, -0.05) is 0 Å². The van der Waals surface area contributed by atoms with E-state index >= 15 is 0 Å². The van der Waals surface area contributed by atoms with Crippen molar-refractivity contribution in [1.82, 2.24) is 0 Å². The highest BCUT2D eigenvalue weighted by molar-refractivity contribution is 5.58. The van der Waals surface area contributed by atoms with Crippen molar-refractivity contribution in [3.63, 3.8) is 0 Å². The minimum atomic E-state index is -0.484. The second kappa shape index (κ2) is 6.20. The van der Waals surface area contributed by atoms with Crippen LogP contribution in [-0.4, -0.2) is 29.3 Å². The highest BCUT2D eigenvalue weighted by Crippen LogP contribution is 2.30. The number of hydrogen-bond donors (Lipinski definition) is 2. The molecule has 2 atom stereocenters. The van der Waals surface area contributed by atoms with Crippen LogP contribution in [0.1, 0.15) is 20.3 Å². The van der Waals surface area contributed by atoms with Gasteiger partial charge in [-0.2, -0.15) is 0 Å². The second-order valence-electron chi connectivity index (χ2n) is 4.27. The molecule has 6 heteroatoms. The molecule has 0 saturated carbocycles. The number of ether oxygens (including phenoxy) is 1. The van der Waals surface area contributed by atoms with E-state index in [4.69, 9.17) is 4.74 Å². The van der Waals surface area contributed by atoms with E-state index in [1.807, 2.05) is 6.92 Å². The number of nitrogens with zero attached hydrogens (tertiary/aromatic N) is 1. The first-order valence-electron chi connectivity index (χ1n) is 5.71. The molecule has 0 saturated heterocycles. The number of nitro benzene ring substituents is 1. The summed E-state index contributed by atoms with van der Waals surface area (Å²) in [5.74, 6) is 0.217. The molecule has 100 valence electrons. The van der Waals surface area contributed by atoms with E-state index in [0.717, 1.165) is 5.69 Å². The lowest BCUT2D eigenvalue weighted by atomic mass is 10.1. The molecule has 0 bridgehead atoms. The Kier molecular flexibility index (Phi) is 4.91. The molecular weight excluding hydrogens is 236 g/mol. The first-order chi connectivity index (χ1) is 8.43. The van der Waals surface area contributed by atoms with Crippen LogP contribution in [0.5, 0.6) is 5.75 Å². The van der Waals surface area contributed by atoms with Crippen molar-refractivity contribution in [3.05, 3.63) is 28.3 Å². The lowest BCUT2D eigenvalue weighted by Crippen LogP contribution is -2.20. The topological polar surface area (TPSA) is 84.6 Å². The fourth-order valence-corrected chi connectivity index (χ4v) is 1.77. The lowest BCUT2D eigenvalue weighted by Gasteiger charge is -2.17. The van der Waals surface area contributed by atoms with Crippen molar-refractivity contribution in [3.8, 4) is 5.75 Å². The van der Waals surface area contributed by atoms with Gasteiger partial charge in [-0.05, 0) is 26.3 Å². The lowest BCUT2D eigenvalue weighted by molar-refractivity contribution is -0.385. The SMILES string of the molecule is COc1cc(NC(C)CC(C)O)ccc1[N+](=O)[O-]. The van der Waals surface area contributed by atoms with Crippen LogP contribution >= 0.6 is 0 Å². The molecule has 1 rings (SSSR count). The van der Waals surface area contributed by atoms with Crippen molar-refractivity contribution in [2.75, 3.05) is 12.4 Å².